The van der Waals surface area contributed by atoms with Gasteiger partial charge in [-0.3, -0.25) is 4.79 Å². The van der Waals surface area contributed by atoms with Crippen LogP contribution in [-0.2, 0) is 4.79 Å². The number of aliphatic hydroxyl groups is 1. The Morgan fingerprint density at radius 1 is 1.18 bits per heavy atom. The molecule has 2 aromatic carbocycles. The predicted molar refractivity (Wildman–Crippen MR) is 124 cm³/mol. The van der Waals surface area contributed by atoms with Crippen molar-refractivity contribution in [2.24, 2.45) is 5.92 Å². The van der Waals surface area contributed by atoms with E-state index in [4.69, 9.17) is 4.74 Å². The fourth-order valence-corrected chi connectivity index (χ4v) is 4.80. The highest BCUT2D eigenvalue weighted by Crippen LogP contribution is 2.43. The summed E-state index contributed by atoms with van der Waals surface area (Å²) >= 11 is 0. The third kappa shape index (κ3) is 4.14. The van der Waals surface area contributed by atoms with E-state index < -0.39 is 0 Å². The molecule has 0 bridgehead atoms. The summed E-state index contributed by atoms with van der Waals surface area (Å²) in [5, 5.41) is 12.8. The van der Waals surface area contributed by atoms with Gasteiger partial charge in [0.1, 0.15) is 12.3 Å². The number of rotatable bonds is 4. The Bertz CT molecular complexity index is 1120. The van der Waals surface area contributed by atoms with Crippen molar-refractivity contribution in [2.45, 2.75) is 30.8 Å². The van der Waals surface area contributed by atoms with Gasteiger partial charge in [0, 0.05) is 23.9 Å². The van der Waals surface area contributed by atoms with Crippen LogP contribution in [0.4, 0.5) is 10.5 Å². The Kier molecular flexibility index (Phi) is 5.69. The minimum atomic E-state index is -0.343. The first kappa shape index (κ1) is 21.4. The molecule has 170 valence electrons. The summed E-state index contributed by atoms with van der Waals surface area (Å²) in [6.45, 7) is 0.275. The lowest BCUT2D eigenvalue weighted by Gasteiger charge is -2.58. The van der Waals surface area contributed by atoms with E-state index in [-0.39, 0.29) is 43.1 Å². The van der Waals surface area contributed by atoms with E-state index >= 15 is 0 Å². The van der Waals surface area contributed by atoms with Crippen LogP contribution >= 0.6 is 0 Å². The number of urea groups is 1. The van der Waals surface area contributed by atoms with Crippen LogP contribution in [0.1, 0.15) is 29.9 Å². The van der Waals surface area contributed by atoms with Crippen LogP contribution < -0.4 is 10.1 Å². The summed E-state index contributed by atoms with van der Waals surface area (Å²) in [5.41, 5.74) is 2.58. The number of amides is 3. The number of carbonyl (C=O) groups excluding carboxylic acids is 2. The van der Waals surface area contributed by atoms with Gasteiger partial charge in [0.2, 0.25) is 5.91 Å². The molecule has 3 atom stereocenters. The minimum Gasteiger partial charge on any atom is -0.495 e. The van der Waals surface area contributed by atoms with E-state index in [1.165, 1.54) is 17.7 Å². The van der Waals surface area contributed by atoms with Crippen LogP contribution in [0.2, 0.25) is 0 Å². The van der Waals surface area contributed by atoms with Crippen molar-refractivity contribution in [3.8, 4) is 17.6 Å². The molecular formula is C26H27N3O4. The zero-order valence-corrected chi connectivity index (χ0v) is 18.5. The first-order valence-corrected chi connectivity index (χ1v) is 11.3. The van der Waals surface area contributed by atoms with Gasteiger partial charge in [0.05, 0.1) is 31.5 Å². The quantitative estimate of drug-likeness (QED) is 0.709. The lowest BCUT2D eigenvalue weighted by Crippen LogP contribution is -2.73. The molecule has 5 rings (SSSR count). The van der Waals surface area contributed by atoms with Gasteiger partial charge in [-0.15, -0.1) is 0 Å². The summed E-state index contributed by atoms with van der Waals surface area (Å²) in [4.78, 5) is 29.1. The number of anilines is 1. The molecule has 0 radical (unpaired) electrons. The Labute approximate surface area is 193 Å². The molecule has 2 saturated heterocycles. The van der Waals surface area contributed by atoms with Gasteiger partial charge in [-0.1, -0.05) is 36.1 Å². The number of ether oxygens (including phenoxy) is 1. The number of hydrogen-bond donors (Lipinski definition) is 2. The first-order valence-electron chi connectivity index (χ1n) is 11.3. The third-order valence-corrected chi connectivity index (χ3v) is 6.68. The van der Waals surface area contributed by atoms with Crippen LogP contribution in [0, 0.1) is 17.8 Å². The second-order valence-corrected chi connectivity index (χ2v) is 8.82. The molecule has 7 heteroatoms. The van der Waals surface area contributed by atoms with Crippen molar-refractivity contribution in [1.29, 1.82) is 0 Å². The molecule has 3 amide bonds. The van der Waals surface area contributed by atoms with Gasteiger partial charge < -0.3 is 25.0 Å². The summed E-state index contributed by atoms with van der Waals surface area (Å²) in [7, 11) is 1.55. The molecule has 2 aromatic rings. The molecule has 1 saturated carbocycles. The molecule has 2 aliphatic heterocycles. The summed E-state index contributed by atoms with van der Waals surface area (Å²) in [5.74, 6) is 7.40. The van der Waals surface area contributed by atoms with E-state index in [0.717, 1.165) is 11.1 Å². The van der Waals surface area contributed by atoms with Crippen molar-refractivity contribution in [1.82, 2.24) is 9.80 Å². The van der Waals surface area contributed by atoms with Crippen molar-refractivity contribution in [3.05, 3.63) is 59.7 Å². The van der Waals surface area contributed by atoms with E-state index in [1.54, 1.807) is 24.1 Å². The Balaban J connectivity index is 1.31. The number of para-hydroxylation sites is 2. The number of aliphatic hydroxyl groups excluding tert-OH is 1. The van der Waals surface area contributed by atoms with Gasteiger partial charge in [0.25, 0.3) is 0 Å². The summed E-state index contributed by atoms with van der Waals surface area (Å²) in [6, 6.07) is 14.4. The topological polar surface area (TPSA) is 82.1 Å². The molecule has 0 spiro atoms. The number of benzene rings is 2. The Morgan fingerprint density at radius 2 is 1.94 bits per heavy atom. The van der Waals surface area contributed by atoms with Crippen molar-refractivity contribution in [2.75, 3.05) is 32.1 Å². The molecule has 3 aliphatic rings. The number of nitrogens with one attached hydrogen (secondary N) is 1. The predicted octanol–water partition coefficient (Wildman–Crippen LogP) is 2.66. The lowest BCUT2D eigenvalue weighted by atomic mass is 9.73. The third-order valence-electron chi connectivity index (χ3n) is 6.68. The highest BCUT2D eigenvalue weighted by Gasteiger charge is 2.54. The average Bonchev–Trinajstić information content (AvgIpc) is 3.64. The van der Waals surface area contributed by atoms with Gasteiger partial charge >= 0.3 is 6.03 Å². The number of carbonyl (C=O) groups is 2. The molecule has 2 heterocycles. The van der Waals surface area contributed by atoms with Gasteiger partial charge in [-0.25, -0.2) is 4.79 Å². The maximum absolute atomic E-state index is 13.0. The van der Waals surface area contributed by atoms with Crippen LogP contribution in [0.25, 0.3) is 0 Å². The number of piperazine rings is 1. The van der Waals surface area contributed by atoms with Crippen LogP contribution in [0.3, 0.4) is 0 Å². The van der Waals surface area contributed by atoms with Crippen molar-refractivity contribution in [3.63, 3.8) is 0 Å². The molecule has 2 N–H and O–H groups in total. The number of nitrogens with zero attached hydrogens (tertiary/aromatic N) is 2. The first-order chi connectivity index (χ1) is 16.1. The monoisotopic (exact) mass is 445 g/mol. The molecule has 0 unspecified atom stereocenters. The largest absolute Gasteiger partial charge is 0.495 e. The van der Waals surface area contributed by atoms with E-state index in [0.29, 0.717) is 23.9 Å². The van der Waals surface area contributed by atoms with Crippen molar-refractivity contribution >= 4 is 17.6 Å². The molecular weight excluding hydrogens is 418 g/mol. The highest BCUT2D eigenvalue weighted by molar-refractivity contribution is 5.94. The minimum absolute atomic E-state index is 0.0175. The maximum Gasteiger partial charge on any atom is 0.322 e. The van der Waals surface area contributed by atoms with Crippen LogP contribution in [0.15, 0.2) is 48.5 Å². The SMILES string of the molecule is COc1ccccc1NC(=O)N1CC(=O)N2[C@H](CO)[C@H](c3ccc(C#CC4CC4)cc3)[C@@H]2C1. The number of fused-ring (bicyclic) bond motifs is 1. The standard InChI is InChI=1S/C26H27N3O4/c1-33-23-5-3-2-4-20(23)27-26(32)28-14-21-25(22(16-30)29(21)24(31)15-28)19-12-10-18(11-13-19)9-8-17-6-7-17/h2-5,10-13,17,21-22,25,30H,6-7,14-16H2,1H3,(H,27,32)/t21-,22+,25+/m0/s1. The van der Waals surface area contributed by atoms with Crippen LogP contribution in [-0.4, -0.2) is 65.7 Å². The van der Waals surface area contributed by atoms with E-state index in [9.17, 15) is 14.7 Å². The lowest BCUT2D eigenvalue weighted by molar-refractivity contribution is -0.159. The molecule has 33 heavy (non-hydrogen) atoms. The van der Waals surface area contributed by atoms with E-state index in [1.807, 2.05) is 36.4 Å². The average molecular weight is 446 g/mol. The fraction of sp³-hybridized carbons (Fsp3) is 0.385. The van der Waals surface area contributed by atoms with Gasteiger partial charge in [-0.2, -0.15) is 0 Å². The van der Waals surface area contributed by atoms with Gasteiger partial charge in [-0.05, 0) is 42.7 Å². The molecule has 7 nitrogen and oxygen atoms in total. The zero-order chi connectivity index (χ0) is 22.9. The van der Waals surface area contributed by atoms with Crippen LogP contribution in [0.5, 0.6) is 5.75 Å². The van der Waals surface area contributed by atoms with E-state index in [2.05, 4.69) is 17.2 Å². The smallest absolute Gasteiger partial charge is 0.322 e. The summed E-state index contributed by atoms with van der Waals surface area (Å²) < 4.78 is 5.31. The molecule has 3 fully saturated rings. The highest BCUT2D eigenvalue weighted by atomic mass is 16.5. The summed E-state index contributed by atoms with van der Waals surface area (Å²) in [6.07, 6.45) is 2.38. The fourth-order valence-electron chi connectivity index (χ4n) is 4.80. The number of methoxy groups -OCH3 is 1. The second-order valence-electron chi connectivity index (χ2n) is 8.82. The van der Waals surface area contributed by atoms with Gasteiger partial charge in [0.15, 0.2) is 0 Å². The van der Waals surface area contributed by atoms with Crippen molar-refractivity contribution < 1.29 is 19.4 Å². The molecule has 0 aromatic heterocycles. The Hall–Kier alpha value is -3.50. The second kappa shape index (κ2) is 8.80. The number of hydrogen-bond acceptors (Lipinski definition) is 4. The normalized spacial score (nSPS) is 23.7. The Morgan fingerprint density at radius 3 is 2.64 bits per heavy atom. The zero-order valence-electron chi connectivity index (χ0n) is 18.5. The molecule has 1 aliphatic carbocycles. The maximum atomic E-state index is 13.0.